The van der Waals surface area contributed by atoms with Crippen LogP contribution in [-0.4, -0.2) is 23.3 Å². The van der Waals surface area contributed by atoms with E-state index in [1.165, 1.54) is 6.08 Å². The summed E-state index contributed by atoms with van der Waals surface area (Å²) < 4.78 is 0. The standard InChI is InChI=1S/C19H19N3O2/c1-14-4-10-17(20-13-14)21-18(23)11-7-15-5-8-16(9-6-15)22-12-2-3-19(22)24/h4-11,13H,2-3,12H2,1H3,(H,20,21,23)/b11-7+. The molecule has 5 heteroatoms. The molecule has 2 aromatic rings. The maximum atomic E-state index is 11.9. The van der Waals surface area contributed by atoms with Gasteiger partial charge in [-0.2, -0.15) is 0 Å². The fourth-order valence-electron chi connectivity index (χ4n) is 2.57. The monoisotopic (exact) mass is 321 g/mol. The van der Waals surface area contributed by atoms with Gasteiger partial charge in [-0.25, -0.2) is 4.98 Å². The van der Waals surface area contributed by atoms with Crippen LogP contribution in [0.4, 0.5) is 11.5 Å². The maximum absolute atomic E-state index is 11.9. The molecule has 0 spiro atoms. The Bertz CT molecular complexity index is 764. The van der Waals surface area contributed by atoms with Crippen LogP contribution >= 0.6 is 0 Å². The molecule has 5 nitrogen and oxygen atoms in total. The van der Waals surface area contributed by atoms with Gasteiger partial charge in [-0.05, 0) is 48.7 Å². The first-order valence-electron chi connectivity index (χ1n) is 7.94. The number of aryl methyl sites for hydroxylation is 1. The third kappa shape index (κ3) is 3.87. The van der Waals surface area contributed by atoms with Gasteiger partial charge >= 0.3 is 0 Å². The summed E-state index contributed by atoms with van der Waals surface area (Å²) in [6, 6.07) is 11.3. The Hall–Kier alpha value is -2.95. The summed E-state index contributed by atoms with van der Waals surface area (Å²) in [6.07, 6.45) is 6.44. The predicted molar refractivity (Wildman–Crippen MR) is 94.7 cm³/mol. The van der Waals surface area contributed by atoms with Crippen LogP contribution < -0.4 is 10.2 Å². The topological polar surface area (TPSA) is 62.3 Å². The van der Waals surface area contributed by atoms with Gasteiger partial charge in [0.15, 0.2) is 0 Å². The molecule has 1 aromatic carbocycles. The van der Waals surface area contributed by atoms with Crippen LogP contribution in [0, 0.1) is 6.92 Å². The fraction of sp³-hybridized carbons (Fsp3) is 0.211. The molecule has 0 bridgehead atoms. The lowest BCUT2D eigenvalue weighted by molar-refractivity contribution is -0.117. The molecule has 0 atom stereocenters. The molecule has 2 heterocycles. The van der Waals surface area contributed by atoms with E-state index in [0.29, 0.717) is 12.2 Å². The molecule has 0 unspecified atom stereocenters. The number of aromatic nitrogens is 1. The van der Waals surface area contributed by atoms with Crippen molar-refractivity contribution in [2.24, 2.45) is 0 Å². The van der Waals surface area contributed by atoms with Gasteiger partial charge in [-0.15, -0.1) is 0 Å². The lowest BCUT2D eigenvalue weighted by Crippen LogP contribution is -2.23. The zero-order chi connectivity index (χ0) is 16.9. The van der Waals surface area contributed by atoms with Crippen molar-refractivity contribution < 1.29 is 9.59 Å². The van der Waals surface area contributed by atoms with E-state index >= 15 is 0 Å². The Kier molecular flexibility index (Phi) is 4.70. The number of nitrogens with zero attached hydrogens (tertiary/aromatic N) is 2. The largest absolute Gasteiger partial charge is 0.312 e. The number of carbonyl (C=O) groups is 2. The third-order valence-corrected chi connectivity index (χ3v) is 3.87. The van der Waals surface area contributed by atoms with Gasteiger partial charge < -0.3 is 10.2 Å². The van der Waals surface area contributed by atoms with Gasteiger partial charge in [0.25, 0.3) is 0 Å². The molecule has 1 aliphatic heterocycles. The van der Waals surface area contributed by atoms with E-state index in [2.05, 4.69) is 10.3 Å². The van der Waals surface area contributed by atoms with Crippen LogP contribution in [0.3, 0.4) is 0 Å². The molecule has 0 radical (unpaired) electrons. The van der Waals surface area contributed by atoms with Crippen molar-refractivity contribution in [2.75, 3.05) is 16.8 Å². The number of nitrogens with one attached hydrogen (secondary N) is 1. The van der Waals surface area contributed by atoms with Crippen molar-refractivity contribution in [1.29, 1.82) is 0 Å². The quantitative estimate of drug-likeness (QED) is 0.880. The molecule has 0 aliphatic carbocycles. The van der Waals surface area contributed by atoms with E-state index in [-0.39, 0.29) is 11.8 Å². The number of hydrogen-bond donors (Lipinski definition) is 1. The Morgan fingerprint density at radius 2 is 2.00 bits per heavy atom. The molecular formula is C19H19N3O2. The second kappa shape index (κ2) is 7.08. The van der Waals surface area contributed by atoms with Gasteiger partial charge in [0, 0.05) is 30.9 Å². The summed E-state index contributed by atoms with van der Waals surface area (Å²) in [5.41, 5.74) is 2.85. The Morgan fingerprint density at radius 3 is 2.62 bits per heavy atom. The second-order valence-electron chi connectivity index (χ2n) is 5.78. The number of benzene rings is 1. The van der Waals surface area contributed by atoms with E-state index in [1.807, 2.05) is 37.3 Å². The summed E-state index contributed by atoms with van der Waals surface area (Å²) in [6.45, 7) is 2.72. The van der Waals surface area contributed by atoms with Crippen LogP contribution in [-0.2, 0) is 9.59 Å². The number of anilines is 2. The summed E-state index contributed by atoms with van der Waals surface area (Å²) >= 11 is 0. The maximum Gasteiger partial charge on any atom is 0.249 e. The summed E-state index contributed by atoms with van der Waals surface area (Å²) in [4.78, 5) is 29.5. The van der Waals surface area contributed by atoms with Crippen molar-refractivity contribution in [2.45, 2.75) is 19.8 Å². The van der Waals surface area contributed by atoms with Crippen LogP contribution in [0.5, 0.6) is 0 Å². The second-order valence-corrected chi connectivity index (χ2v) is 5.78. The highest BCUT2D eigenvalue weighted by molar-refractivity contribution is 6.01. The van der Waals surface area contributed by atoms with Crippen molar-refractivity contribution in [3.05, 3.63) is 59.8 Å². The molecule has 24 heavy (non-hydrogen) atoms. The highest BCUT2D eigenvalue weighted by Crippen LogP contribution is 2.21. The highest BCUT2D eigenvalue weighted by atomic mass is 16.2. The number of amides is 2. The lowest BCUT2D eigenvalue weighted by Gasteiger charge is -2.15. The van der Waals surface area contributed by atoms with Gasteiger partial charge in [0.2, 0.25) is 11.8 Å². The predicted octanol–water partition coefficient (Wildman–Crippen LogP) is 3.17. The Morgan fingerprint density at radius 1 is 1.21 bits per heavy atom. The molecule has 2 amide bonds. The molecule has 0 saturated carbocycles. The molecule has 1 N–H and O–H groups in total. The first kappa shape index (κ1) is 15.9. The first-order valence-corrected chi connectivity index (χ1v) is 7.94. The smallest absolute Gasteiger partial charge is 0.249 e. The van der Waals surface area contributed by atoms with Crippen LogP contribution in [0.2, 0.25) is 0 Å². The van der Waals surface area contributed by atoms with Crippen LogP contribution in [0.1, 0.15) is 24.0 Å². The SMILES string of the molecule is Cc1ccc(NC(=O)/C=C/c2ccc(N3CCCC3=O)cc2)nc1. The van der Waals surface area contributed by atoms with E-state index in [1.54, 1.807) is 23.2 Å². The van der Waals surface area contributed by atoms with E-state index < -0.39 is 0 Å². The first-order chi connectivity index (χ1) is 11.6. The average Bonchev–Trinajstić information content (AvgIpc) is 3.02. The Labute approximate surface area is 141 Å². The molecule has 122 valence electrons. The highest BCUT2D eigenvalue weighted by Gasteiger charge is 2.21. The van der Waals surface area contributed by atoms with Gasteiger partial charge in [0.1, 0.15) is 5.82 Å². The summed E-state index contributed by atoms with van der Waals surface area (Å²) in [5.74, 6) is 0.464. The van der Waals surface area contributed by atoms with Gasteiger partial charge in [0.05, 0.1) is 0 Å². The third-order valence-electron chi connectivity index (χ3n) is 3.87. The number of pyridine rings is 1. The molecule has 1 aliphatic rings. The molecular weight excluding hydrogens is 302 g/mol. The van der Waals surface area contributed by atoms with Crippen molar-refractivity contribution in [3.63, 3.8) is 0 Å². The average molecular weight is 321 g/mol. The Balaban J connectivity index is 1.60. The zero-order valence-corrected chi connectivity index (χ0v) is 13.5. The van der Waals surface area contributed by atoms with Crippen molar-refractivity contribution in [1.82, 2.24) is 4.98 Å². The molecule has 3 rings (SSSR count). The minimum absolute atomic E-state index is 0.170. The molecule has 1 fully saturated rings. The van der Waals surface area contributed by atoms with Crippen molar-refractivity contribution >= 4 is 29.4 Å². The normalized spacial score (nSPS) is 14.4. The lowest BCUT2D eigenvalue weighted by atomic mass is 10.2. The zero-order valence-electron chi connectivity index (χ0n) is 13.5. The number of hydrogen-bond acceptors (Lipinski definition) is 3. The van der Waals surface area contributed by atoms with E-state index in [0.717, 1.165) is 29.8 Å². The minimum atomic E-state index is -0.231. The van der Waals surface area contributed by atoms with Crippen LogP contribution in [0.25, 0.3) is 6.08 Å². The van der Waals surface area contributed by atoms with E-state index in [9.17, 15) is 9.59 Å². The van der Waals surface area contributed by atoms with Gasteiger partial charge in [-0.3, -0.25) is 9.59 Å². The number of rotatable bonds is 4. The van der Waals surface area contributed by atoms with E-state index in [4.69, 9.17) is 0 Å². The fourth-order valence-corrected chi connectivity index (χ4v) is 2.57. The minimum Gasteiger partial charge on any atom is -0.312 e. The van der Waals surface area contributed by atoms with Crippen LogP contribution in [0.15, 0.2) is 48.7 Å². The van der Waals surface area contributed by atoms with Crippen molar-refractivity contribution in [3.8, 4) is 0 Å². The summed E-state index contributed by atoms with van der Waals surface area (Å²) in [7, 11) is 0. The summed E-state index contributed by atoms with van der Waals surface area (Å²) in [5, 5.41) is 2.71. The number of carbonyl (C=O) groups excluding carboxylic acids is 2. The molecule has 1 aromatic heterocycles. The van der Waals surface area contributed by atoms with Gasteiger partial charge in [-0.1, -0.05) is 18.2 Å². The molecule has 1 saturated heterocycles.